The predicted octanol–water partition coefficient (Wildman–Crippen LogP) is 1.46. The van der Waals surface area contributed by atoms with Crippen molar-refractivity contribution in [2.24, 2.45) is 0 Å². The molecular weight excluding hydrogens is 258 g/mol. The molecule has 0 spiro atoms. The normalized spacial score (nSPS) is 21.5. The highest BCUT2D eigenvalue weighted by molar-refractivity contribution is 5.41. The Labute approximate surface area is 120 Å². The Morgan fingerprint density at radius 3 is 2.85 bits per heavy atom. The molecule has 1 aromatic carbocycles. The topological polar surface area (TPSA) is 51.2 Å². The first kappa shape index (κ1) is 15.1. The quantitative estimate of drug-likeness (QED) is 0.885. The minimum Gasteiger partial charge on any atom is -0.497 e. The SMILES string of the molecule is COc1ccc(OC)c(C(O)CN2CCOC(C)C2)c1. The number of ether oxygens (including phenoxy) is 3. The van der Waals surface area contributed by atoms with E-state index in [1.807, 2.05) is 25.1 Å². The zero-order valence-corrected chi connectivity index (χ0v) is 12.3. The number of rotatable bonds is 5. The maximum atomic E-state index is 10.5. The molecule has 1 N–H and O–H groups in total. The fourth-order valence-electron chi connectivity index (χ4n) is 2.50. The van der Waals surface area contributed by atoms with Crippen LogP contribution < -0.4 is 9.47 Å². The van der Waals surface area contributed by atoms with Crippen molar-refractivity contribution >= 4 is 0 Å². The smallest absolute Gasteiger partial charge is 0.124 e. The van der Waals surface area contributed by atoms with E-state index in [0.29, 0.717) is 18.9 Å². The van der Waals surface area contributed by atoms with Crippen LogP contribution in [0.2, 0.25) is 0 Å². The summed E-state index contributed by atoms with van der Waals surface area (Å²) < 4.78 is 16.0. The molecule has 0 radical (unpaired) electrons. The Morgan fingerprint density at radius 2 is 2.20 bits per heavy atom. The average molecular weight is 281 g/mol. The fourth-order valence-corrected chi connectivity index (χ4v) is 2.50. The van der Waals surface area contributed by atoms with Gasteiger partial charge in [-0.25, -0.2) is 0 Å². The number of aliphatic hydroxyl groups excluding tert-OH is 1. The minimum absolute atomic E-state index is 0.211. The van der Waals surface area contributed by atoms with Crippen molar-refractivity contribution in [2.45, 2.75) is 19.1 Å². The Bertz CT molecular complexity index is 438. The third-order valence-corrected chi connectivity index (χ3v) is 3.55. The lowest BCUT2D eigenvalue weighted by Crippen LogP contribution is -2.42. The summed E-state index contributed by atoms with van der Waals surface area (Å²) >= 11 is 0. The van der Waals surface area contributed by atoms with E-state index in [2.05, 4.69) is 4.90 Å². The number of nitrogens with zero attached hydrogens (tertiary/aromatic N) is 1. The van der Waals surface area contributed by atoms with Gasteiger partial charge in [-0.1, -0.05) is 0 Å². The average Bonchev–Trinajstić information content (AvgIpc) is 2.46. The van der Waals surface area contributed by atoms with E-state index in [1.165, 1.54) is 0 Å². The van der Waals surface area contributed by atoms with Crippen molar-refractivity contribution in [3.8, 4) is 11.5 Å². The monoisotopic (exact) mass is 281 g/mol. The third-order valence-electron chi connectivity index (χ3n) is 3.55. The maximum Gasteiger partial charge on any atom is 0.124 e. The summed E-state index contributed by atoms with van der Waals surface area (Å²) in [6.45, 7) is 5.00. The molecule has 1 aliphatic rings. The highest BCUT2D eigenvalue weighted by atomic mass is 16.5. The molecule has 1 aliphatic heterocycles. The van der Waals surface area contributed by atoms with Gasteiger partial charge in [0.15, 0.2) is 0 Å². The van der Waals surface area contributed by atoms with Crippen molar-refractivity contribution < 1.29 is 19.3 Å². The second-order valence-corrected chi connectivity index (χ2v) is 5.06. The van der Waals surface area contributed by atoms with Crippen molar-refractivity contribution in [1.82, 2.24) is 4.90 Å². The molecule has 0 bridgehead atoms. The maximum absolute atomic E-state index is 10.5. The largest absolute Gasteiger partial charge is 0.497 e. The number of hydrogen-bond acceptors (Lipinski definition) is 5. The van der Waals surface area contributed by atoms with Gasteiger partial charge in [0, 0.05) is 25.2 Å². The molecule has 112 valence electrons. The van der Waals surface area contributed by atoms with Gasteiger partial charge in [-0.05, 0) is 25.1 Å². The van der Waals surface area contributed by atoms with Gasteiger partial charge in [0.05, 0.1) is 33.0 Å². The summed E-state index contributed by atoms with van der Waals surface area (Å²) in [5.74, 6) is 1.40. The van der Waals surface area contributed by atoms with E-state index < -0.39 is 6.10 Å². The van der Waals surface area contributed by atoms with Crippen LogP contribution in [-0.2, 0) is 4.74 Å². The Morgan fingerprint density at radius 1 is 1.40 bits per heavy atom. The molecule has 2 atom stereocenters. The van der Waals surface area contributed by atoms with E-state index in [9.17, 15) is 5.11 Å². The van der Waals surface area contributed by atoms with Crippen LogP contribution in [0, 0.1) is 0 Å². The van der Waals surface area contributed by atoms with Crippen molar-refractivity contribution in [3.63, 3.8) is 0 Å². The molecule has 0 aromatic heterocycles. The summed E-state index contributed by atoms with van der Waals surface area (Å²) in [5.41, 5.74) is 0.756. The van der Waals surface area contributed by atoms with E-state index in [0.717, 1.165) is 24.4 Å². The molecule has 0 aliphatic carbocycles. The highest BCUT2D eigenvalue weighted by Gasteiger charge is 2.22. The van der Waals surface area contributed by atoms with Crippen molar-refractivity contribution in [1.29, 1.82) is 0 Å². The van der Waals surface area contributed by atoms with E-state index >= 15 is 0 Å². The van der Waals surface area contributed by atoms with Crippen LogP contribution in [0.5, 0.6) is 11.5 Å². The second kappa shape index (κ2) is 6.92. The van der Waals surface area contributed by atoms with Gasteiger partial charge >= 0.3 is 0 Å². The van der Waals surface area contributed by atoms with Crippen LogP contribution in [0.25, 0.3) is 0 Å². The molecule has 1 aromatic rings. The van der Waals surface area contributed by atoms with Gasteiger partial charge in [0.25, 0.3) is 0 Å². The molecule has 5 heteroatoms. The predicted molar refractivity (Wildman–Crippen MR) is 76.4 cm³/mol. The molecule has 0 amide bonds. The Hall–Kier alpha value is -1.30. The lowest BCUT2D eigenvalue weighted by Gasteiger charge is -2.32. The summed E-state index contributed by atoms with van der Waals surface area (Å²) in [6, 6.07) is 5.47. The standard InChI is InChI=1S/C15H23NO4/c1-11-9-16(6-7-20-11)10-14(17)13-8-12(18-2)4-5-15(13)19-3/h4-5,8,11,14,17H,6-7,9-10H2,1-3H3. The molecule has 0 saturated carbocycles. The number of aliphatic hydroxyl groups is 1. The minimum atomic E-state index is -0.606. The third kappa shape index (κ3) is 3.62. The molecule has 1 saturated heterocycles. The van der Waals surface area contributed by atoms with Gasteiger partial charge in [0.2, 0.25) is 0 Å². The van der Waals surface area contributed by atoms with Crippen LogP contribution in [-0.4, -0.2) is 56.6 Å². The Balaban J connectivity index is 2.09. The summed E-state index contributed by atoms with van der Waals surface area (Å²) in [7, 11) is 3.22. The van der Waals surface area contributed by atoms with Crippen LogP contribution in [0.1, 0.15) is 18.6 Å². The number of methoxy groups -OCH3 is 2. The number of hydrogen-bond donors (Lipinski definition) is 1. The Kier molecular flexibility index (Phi) is 5.23. The lowest BCUT2D eigenvalue weighted by molar-refractivity contribution is -0.0320. The van der Waals surface area contributed by atoms with E-state index in [-0.39, 0.29) is 6.10 Å². The molecule has 1 fully saturated rings. The van der Waals surface area contributed by atoms with Crippen molar-refractivity contribution in [3.05, 3.63) is 23.8 Å². The van der Waals surface area contributed by atoms with Crippen LogP contribution in [0.4, 0.5) is 0 Å². The highest BCUT2D eigenvalue weighted by Crippen LogP contribution is 2.30. The zero-order valence-electron chi connectivity index (χ0n) is 12.3. The van der Waals surface area contributed by atoms with Gasteiger partial charge in [-0.15, -0.1) is 0 Å². The van der Waals surface area contributed by atoms with Gasteiger partial charge in [-0.3, -0.25) is 4.90 Å². The fraction of sp³-hybridized carbons (Fsp3) is 0.600. The van der Waals surface area contributed by atoms with Crippen molar-refractivity contribution in [2.75, 3.05) is 40.5 Å². The van der Waals surface area contributed by atoms with Gasteiger partial charge in [0.1, 0.15) is 11.5 Å². The molecule has 5 nitrogen and oxygen atoms in total. The molecule has 1 heterocycles. The van der Waals surface area contributed by atoms with Gasteiger partial charge in [-0.2, -0.15) is 0 Å². The first-order valence-corrected chi connectivity index (χ1v) is 6.88. The van der Waals surface area contributed by atoms with Crippen LogP contribution in [0.15, 0.2) is 18.2 Å². The number of benzene rings is 1. The summed E-state index contributed by atoms with van der Waals surface area (Å²) in [5, 5.41) is 10.5. The summed E-state index contributed by atoms with van der Waals surface area (Å²) in [4.78, 5) is 2.21. The first-order chi connectivity index (χ1) is 9.63. The molecule has 20 heavy (non-hydrogen) atoms. The lowest BCUT2D eigenvalue weighted by atomic mass is 10.1. The molecule has 2 unspecified atom stereocenters. The first-order valence-electron chi connectivity index (χ1n) is 6.88. The summed E-state index contributed by atoms with van der Waals surface area (Å²) in [6.07, 6.45) is -0.395. The number of morpholine rings is 1. The zero-order chi connectivity index (χ0) is 14.5. The van der Waals surface area contributed by atoms with Crippen LogP contribution >= 0.6 is 0 Å². The van der Waals surface area contributed by atoms with E-state index in [1.54, 1.807) is 14.2 Å². The van der Waals surface area contributed by atoms with Crippen LogP contribution in [0.3, 0.4) is 0 Å². The number of β-amino-alcohol motifs (C(OH)–C–C–N with tert-alkyl or cyclic N) is 1. The molecule has 2 rings (SSSR count). The van der Waals surface area contributed by atoms with E-state index in [4.69, 9.17) is 14.2 Å². The molecular formula is C15H23NO4. The second-order valence-electron chi connectivity index (χ2n) is 5.06. The van der Waals surface area contributed by atoms with Gasteiger partial charge < -0.3 is 19.3 Å².